The van der Waals surface area contributed by atoms with Crippen molar-refractivity contribution in [2.75, 3.05) is 6.54 Å². The molecule has 0 saturated carbocycles. The molecule has 0 bridgehead atoms. The summed E-state index contributed by atoms with van der Waals surface area (Å²) in [5.41, 5.74) is 0.882. The topological polar surface area (TPSA) is 12.0 Å². The second-order valence-electron chi connectivity index (χ2n) is 3.54. The Morgan fingerprint density at radius 2 is 2.06 bits per heavy atom. The zero-order chi connectivity index (χ0) is 13.1. The van der Waals surface area contributed by atoms with E-state index in [0.717, 1.165) is 13.1 Å². The summed E-state index contributed by atoms with van der Waals surface area (Å²) in [5.74, 6) is 0. The summed E-state index contributed by atoms with van der Waals surface area (Å²) >= 11 is 8.18. The normalized spacial score (nSPS) is 14.0. The molecule has 0 aromatic carbocycles. The van der Waals surface area contributed by atoms with Crippen LogP contribution in [0.5, 0.6) is 0 Å². The lowest BCUT2D eigenvalue weighted by molar-refractivity contribution is -0.136. The Bertz CT molecular complexity index is 365. The molecule has 0 fully saturated rings. The zero-order valence-electron chi connectivity index (χ0n) is 9.07. The van der Waals surface area contributed by atoms with Gasteiger partial charge in [0.05, 0.1) is 7.57 Å². The van der Waals surface area contributed by atoms with E-state index in [-0.39, 0.29) is 12.5 Å². The summed E-state index contributed by atoms with van der Waals surface area (Å²) < 4.78 is 38.5. The average Bonchev–Trinajstić information content (AvgIpc) is 2.51. The smallest absolute Gasteiger partial charge is 0.310 e. The van der Waals surface area contributed by atoms with Crippen molar-refractivity contribution in [2.45, 2.75) is 32.0 Å². The quantitative estimate of drug-likeness (QED) is 0.717. The maximum Gasteiger partial charge on any atom is 0.389 e. The van der Waals surface area contributed by atoms with Crippen molar-refractivity contribution < 1.29 is 13.2 Å². The average molecular weight is 395 g/mol. The van der Waals surface area contributed by atoms with Crippen molar-refractivity contribution in [3.8, 4) is 0 Å². The van der Waals surface area contributed by atoms with Crippen LogP contribution in [0.25, 0.3) is 0 Å². The van der Waals surface area contributed by atoms with Gasteiger partial charge in [-0.05, 0) is 56.5 Å². The first-order valence-corrected chi connectivity index (χ1v) is 7.48. The number of rotatable bonds is 5. The lowest BCUT2D eigenvalue weighted by Crippen LogP contribution is -2.23. The molecule has 17 heavy (non-hydrogen) atoms. The van der Waals surface area contributed by atoms with E-state index in [4.69, 9.17) is 0 Å². The van der Waals surface area contributed by atoms with Gasteiger partial charge in [-0.25, -0.2) is 0 Å². The van der Waals surface area contributed by atoms with E-state index in [1.54, 1.807) is 0 Å². The van der Waals surface area contributed by atoms with Crippen molar-refractivity contribution in [3.63, 3.8) is 0 Å². The van der Waals surface area contributed by atoms with Gasteiger partial charge in [-0.2, -0.15) is 13.2 Å². The van der Waals surface area contributed by atoms with Crippen LogP contribution < -0.4 is 5.32 Å². The molecule has 0 radical (unpaired) electrons. The zero-order valence-corrected chi connectivity index (χ0v) is 13.1. The molecule has 1 N–H and O–H groups in total. The minimum Gasteiger partial charge on any atom is -0.310 e. The maximum absolute atomic E-state index is 12.2. The van der Waals surface area contributed by atoms with E-state index in [1.165, 1.54) is 11.3 Å². The second kappa shape index (κ2) is 6.54. The first-order valence-electron chi connectivity index (χ1n) is 5.08. The number of alkyl halides is 3. The predicted octanol–water partition coefficient (Wildman–Crippen LogP) is 5.27. The Kier molecular flexibility index (Phi) is 5.95. The number of hydrogen-bond acceptors (Lipinski definition) is 2. The highest BCUT2D eigenvalue weighted by molar-refractivity contribution is 9.12. The molecule has 1 heterocycles. The molecular weight excluding hydrogens is 383 g/mol. The first kappa shape index (κ1) is 15.5. The van der Waals surface area contributed by atoms with Crippen LogP contribution in [0.3, 0.4) is 0 Å². The van der Waals surface area contributed by atoms with E-state index in [2.05, 4.69) is 37.2 Å². The van der Waals surface area contributed by atoms with Crippen LogP contribution in [-0.4, -0.2) is 12.7 Å². The highest BCUT2D eigenvalue weighted by atomic mass is 79.9. The van der Waals surface area contributed by atoms with Gasteiger partial charge in [-0.15, -0.1) is 11.3 Å². The summed E-state index contributed by atoms with van der Waals surface area (Å²) in [6.45, 7) is 2.53. The minimum atomic E-state index is -4.10. The third-order valence-electron chi connectivity index (χ3n) is 2.23. The molecule has 1 unspecified atom stereocenters. The predicted molar refractivity (Wildman–Crippen MR) is 71.4 cm³/mol. The van der Waals surface area contributed by atoms with Crippen molar-refractivity contribution in [2.24, 2.45) is 0 Å². The number of hydrogen-bond donors (Lipinski definition) is 1. The largest absolute Gasteiger partial charge is 0.389 e. The minimum absolute atomic E-state index is 0.0547. The number of thiophene rings is 1. The molecule has 1 atom stereocenters. The first-order chi connectivity index (χ1) is 7.83. The van der Waals surface area contributed by atoms with E-state index in [1.807, 2.05) is 13.0 Å². The lowest BCUT2D eigenvalue weighted by atomic mass is 10.1. The molecule has 1 nitrogen and oxygen atoms in total. The Morgan fingerprint density at radius 1 is 1.41 bits per heavy atom. The van der Waals surface area contributed by atoms with Crippen LogP contribution in [0.15, 0.2) is 13.6 Å². The van der Waals surface area contributed by atoms with Gasteiger partial charge in [0.2, 0.25) is 0 Å². The number of nitrogens with one attached hydrogen (secondary N) is 1. The monoisotopic (exact) mass is 393 g/mol. The highest BCUT2D eigenvalue weighted by Crippen LogP contribution is 2.38. The third-order valence-corrected chi connectivity index (χ3v) is 4.61. The molecule has 0 amide bonds. The van der Waals surface area contributed by atoms with Crippen molar-refractivity contribution >= 4 is 43.2 Å². The lowest BCUT2D eigenvalue weighted by Gasteiger charge is -2.18. The molecule has 7 heteroatoms. The van der Waals surface area contributed by atoms with Crippen LogP contribution in [-0.2, 0) is 0 Å². The molecule has 0 aliphatic carbocycles. The van der Waals surface area contributed by atoms with Gasteiger partial charge in [0.15, 0.2) is 0 Å². The van der Waals surface area contributed by atoms with Gasteiger partial charge in [-0.3, -0.25) is 0 Å². The Balaban J connectivity index is 2.75. The van der Waals surface area contributed by atoms with Crippen LogP contribution in [0.4, 0.5) is 13.2 Å². The molecule has 1 aromatic heterocycles. The summed E-state index contributed by atoms with van der Waals surface area (Å²) in [5, 5.41) is 3.08. The highest BCUT2D eigenvalue weighted by Gasteiger charge is 2.29. The molecule has 0 aliphatic rings. The SMILES string of the molecule is CCNC(CCC(F)(F)F)c1cc(Br)sc1Br. The molecule has 98 valence electrons. The van der Waals surface area contributed by atoms with E-state index in [0.29, 0.717) is 6.54 Å². The molecule has 1 rings (SSSR count). The Labute approximate surface area is 119 Å². The Hall–Kier alpha value is 0.410. The Morgan fingerprint density at radius 3 is 2.47 bits per heavy atom. The van der Waals surface area contributed by atoms with Gasteiger partial charge in [0, 0.05) is 12.5 Å². The van der Waals surface area contributed by atoms with Gasteiger partial charge in [-0.1, -0.05) is 6.92 Å². The van der Waals surface area contributed by atoms with E-state index >= 15 is 0 Å². The van der Waals surface area contributed by atoms with Crippen LogP contribution in [0.1, 0.15) is 31.4 Å². The summed E-state index contributed by atoms with van der Waals surface area (Å²) in [4.78, 5) is 0. The fourth-order valence-corrected chi connectivity index (χ4v) is 4.49. The molecule has 1 aromatic rings. The van der Waals surface area contributed by atoms with Crippen LogP contribution in [0, 0.1) is 0 Å². The summed E-state index contributed by atoms with van der Waals surface area (Å²) in [6, 6.07) is 1.59. The summed E-state index contributed by atoms with van der Waals surface area (Å²) in [7, 11) is 0. The third kappa shape index (κ3) is 5.28. The fourth-order valence-electron chi connectivity index (χ4n) is 1.51. The van der Waals surface area contributed by atoms with Crippen LogP contribution in [0.2, 0.25) is 0 Å². The maximum atomic E-state index is 12.2. The molecule has 0 spiro atoms. The van der Waals surface area contributed by atoms with E-state index < -0.39 is 12.6 Å². The van der Waals surface area contributed by atoms with Gasteiger partial charge < -0.3 is 5.32 Å². The van der Waals surface area contributed by atoms with Crippen molar-refractivity contribution in [1.82, 2.24) is 5.32 Å². The molecular formula is C10H12Br2F3NS. The van der Waals surface area contributed by atoms with E-state index in [9.17, 15) is 13.2 Å². The van der Waals surface area contributed by atoms with Crippen molar-refractivity contribution in [1.29, 1.82) is 0 Å². The second-order valence-corrected chi connectivity index (χ2v) is 7.29. The number of halogens is 5. The van der Waals surface area contributed by atoms with Gasteiger partial charge in [0.25, 0.3) is 0 Å². The van der Waals surface area contributed by atoms with Crippen LogP contribution >= 0.6 is 43.2 Å². The fraction of sp³-hybridized carbons (Fsp3) is 0.600. The van der Waals surface area contributed by atoms with Gasteiger partial charge >= 0.3 is 6.18 Å². The van der Waals surface area contributed by atoms with Crippen molar-refractivity contribution in [3.05, 3.63) is 19.2 Å². The summed E-state index contributed by atoms with van der Waals surface area (Å²) in [6.07, 6.45) is -4.82. The molecule has 0 saturated heterocycles. The standard InChI is InChI=1S/C10H12Br2F3NS/c1-2-16-7(3-4-10(13,14)15)6-5-8(11)17-9(6)12/h5,7,16H,2-4H2,1H3. The molecule has 0 aliphatic heterocycles. The van der Waals surface area contributed by atoms with Gasteiger partial charge in [0.1, 0.15) is 0 Å².